The summed E-state index contributed by atoms with van der Waals surface area (Å²) in [5.74, 6) is 1.01. The van der Waals surface area contributed by atoms with E-state index in [1.807, 2.05) is 0 Å². The maximum absolute atomic E-state index is 3.51. The highest BCUT2D eigenvalue weighted by Crippen LogP contribution is 2.32. The monoisotopic (exact) mass is 351 g/mol. The van der Waals surface area contributed by atoms with Crippen LogP contribution >= 0.6 is 43.2 Å². The van der Waals surface area contributed by atoms with E-state index < -0.39 is 0 Å². The van der Waals surface area contributed by atoms with Crippen LogP contribution in [0.1, 0.15) is 30.6 Å². The van der Waals surface area contributed by atoms with Crippen molar-refractivity contribution in [2.75, 3.05) is 6.54 Å². The minimum absolute atomic E-state index is 1.00. The predicted molar refractivity (Wildman–Crippen MR) is 73.4 cm³/mol. The summed E-state index contributed by atoms with van der Waals surface area (Å²) in [5, 5.41) is 3.51. The highest BCUT2D eigenvalue weighted by atomic mass is 79.9. The molecule has 1 saturated carbocycles. The van der Waals surface area contributed by atoms with Crippen LogP contribution in [-0.4, -0.2) is 6.54 Å². The number of rotatable bonds is 5. The van der Waals surface area contributed by atoms with Gasteiger partial charge in [0.1, 0.15) is 0 Å². The Morgan fingerprint density at radius 3 is 2.73 bits per heavy atom. The normalized spacial score (nSPS) is 16.7. The van der Waals surface area contributed by atoms with E-state index in [1.165, 1.54) is 38.8 Å². The highest BCUT2D eigenvalue weighted by Gasteiger charge is 2.16. The zero-order chi connectivity index (χ0) is 10.7. The Kier molecular flexibility index (Phi) is 4.68. The van der Waals surface area contributed by atoms with Crippen molar-refractivity contribution in [1.29, 1.82) is 0 Å². The summed E-state index contributed by atoms with van der Waals surface area (Å²) < 4.78 is 2.36. The summed E-state index contributed by atoms with van der Waals surface area (Å²) in [7, 11) is 0. The zero-order valence-corrected chi connectivity index (χ0v) is 12.6. The largest absolute Gasteiger partial charge is 0.312 e. The standard InChI is InChI=1S/C11H15Br2NS/c12-10-6-9(15-11(10)13)7-14-5-4-8-2-1-3-8/h6,8,14H,1-5,7H2. The summed E-state index contributed by atoms with van der Waals surface area (Å²) in [5.41, 5.74) is 0. The quantitative estimate of drug-likeness (QED) is 0.766. The lowest BCUT2D eigenvalue weighted by Crippen LogP contribution is -2.20. The molecule has 1 fully saturated rings. The van der Waals surface area contributed by atoms with E-state index >= 15 is 0 Å². The molecule has 1 heterocycles. The Morgan fingerprint density at radius 2 is 2.20 bits per heavy atom. The fraction of sp³-hybridized carbons (Fsp3) is 0.636. The first-order valence-electron chi connectivity index (χ1n) is 5.40. The third-order valence-corrected chi connectivity index (χ3v) is 6.21. The van der Waals surface area contributed by atoms with Gasteiger partial charge in [0.2, 0.25) is 0 Å². The van der Waals surface area contributed by atoms with Gasteiger partial charge in [0.15, 0.2) is 0 Å². The molecule has 0 saturated heterocycles. The van der Waals surface area contributed by atoms with Gasteiger partial charge in [-0.1, -0.05) is 19.3 Å². The molecule has 1 aromatic rings. The minimum atomic E-state index is 1.00. The fourth-order valence-corrected chi connectivity index (χ4v) is 3.92. The first kappa shape index (κ1) is 12.1. The van der Waals surface area contributed by atoms with E-state index in [2.05, 4.69) is 43.2 Å². The Balaban J connectivity index is 1.64. The number of thiophene rings is 1. The molecule has 0 amide bonds. The molecule has 2 rings (SSSR count). The molecule has 4 heteroatoms. The highest BCUT2D eigenvalue weighted by molar-refractivity contribution is 9.13. The van der Waals surface area contributed by atoms with Crippen molar-refractivity contribution in [3.63, 3.8) is 0 Å². The molecule has 0 bridgehead atoms. The maximum Gasteiger partial charge on any atom is 0.0843 e. The fourth-order valence-electron chi connectivity index (χ4n) is 1.78. The molecule has 1 nitrogen and oxygen atoms in total. The van der Waals surface area contributed by atoms with Gasteiger partial charge in [-0.15, -0.1) is 11.3 Å². The van der Waals surface area contributed by atoms with E-state index in [-0.39, 0.29) is 0 Å². The smallest absolute Gasteiger partial charge is 0.0843 e. The van der Waals surface area contributed by atoms with Gasteiger partial charge < -0.3 is 5.32 Å². The van der Waals surface area contributed by atoms with Crippen LogP contribution in [0.4, 0.5) is 0 Å². The molecule has 1 N–H and O–H groups in total. The lowest BCUT2D eigenvalue weighted by molar-refractivity contribution is 0.292. The summed E-state index contributed by atoms with van der Waals surface area (Å²) in [4.78, 5) is 1.39. The Labute approximate surface area is 112 Å². The summed E-state index contributed by atoms with van der Waals surface area (Å²) in [6.07, 6.45) is 5.72. The van der Waals surface area contributed by atoms with Crippen molar-refractivity contribution < 1.29 is 0 Å². The molecule has 15 heavy (non-hydrogen) atoms. The third kappa shape index (κ3) is 3.55. The lowest BCUT2D eigenvalue weighted by Gasteiger charge is -2.25. The topological polar surface area (TPSA) is 12.0 Å². The van der Waals surface area contributed by atoms with Gasteiger partial charge >= 0.3 is 0 Å². The molecular formula is C11H15Br2NS. The van der Waals surface area contributed by atoms with Crippen molar-refractivity contribution in [2.45, 2.75) is 32.2 Å². The molecule has 84 valence electrons. The molecule has 0 radical (unpaired) electrons. The van der Waals surface area contributed by atoms with E-state index in [9.17, 15) is 0 Å². The summed E-state index contributed by atoms with van der Waals surface area (Å²) >= 11 is 8.82. The molecule has 1 aliphatic rings. The number of nitrogens with one attached hydrogen (secondary N) is 1. The summed E-state index contributed by atoms with van der Waals surface area (Å²) in [6, 6.07) is 2.19. The van der Waals surface area contributed by atoms with Crippen LogP contribution in [0.15, 0.2) is 14.3 Å². The molecule has 0 aliphatic heterocycles. The third-order valence-electron chi connectivity index (χ3n) is 2.95. The van der Waals surface area contributed by atoms with Crippen LogP contribution in [0, 0.1) is 5.92 Å². The predicted octanol–water partition coefficient (Wildman–Crippen LogP) is 4.55. The van der Waals surface area contributed by atoms with Crippen molar-refractivity contribution in [3.05, 3.63) is 19.2 Å². The van der Waals surface area contributed by atoms with Crippen LogP contribution < -0.4 is 5.32 Å². The average Bonchev–Trinajstić information content (AvgIpc) is 2.43. The number of hydrogen-bond acceptors (Lipinski definition) is 2. The van der Waals surface area contributed by atoms with Crippen molar-refractivity contribution >= 4 is 43.2 Å². The van der Waals surface area contributed by atoms with Gasteiger partial charge in [-0.3, -0.25) is 0 Å². The second kappa shape index (κ2) is 5.80. The van der Waals surface area contributed by atoms with Gasteiger partial charge in [0.25, 0.3) is 0 Å². The van der Waals surface area contributed by atoms with Crippen LogP contribution in [0.2, 0.25) is 0 Å². The maximum atomic E-state index is 3.51. The van der Waals surface area contributed by atoms with E-state index in [4.69, 9.17) is 0 Å². The van der Waals surface area contributed by atoms with Crippen molar-refractivity contribution in [2.24, 2.45) is 5.92 Å². The van der Waals surface area contributed by atoms with Gasteiger partial charge in [0, 0.05) is 15.9 Å². The number of hydrogen-bond donors (Lipinski definition) is 1. The minimum Gasteiger partial charge on any atom is -0.312 e. The SMILES string of the molecule is Brc1cc(CNCCC2CCC2)sc1Br. The first-order valence-corrected chi connectivity index (χ1v) is 7.80. The molecule has 0 unspecified atom stereocenters. The lowest BCUT2D eigenvalue weighted by atomic mass is 9.83. The van der Waals surface area contributed by atoms with E-state index in [0.717, 1.165) is 19.0 Å². The van der Waals surface area contributed by atoms with Crippen molar-refractivity contribution in [1.82, 2.24) is 5.32 Å². The van der Waals surface area contributed by atoms with Crippen LogP contribution in [-0.2, 0) is 6.54 Å². The van der Waals surface area contributed by atoms with Crippen molar-refractivity contribution in [3.8, 4) is 0 Å². The Bertz CT molecular complexity index is 301. The first-order chi connectivity index (χ1) is 7.25. The van der Waals surface area contributed by atoms with Gasteiger partial charge in [0.05, 0.1) is 3.79 Å². The van der Waals surface area contributed by atoms with Gasteiger partial charge in [-0.2, -0.15) is 0 Å². The van der Waals surface area contributed by atoms with Crippen LogP contribution in [0.5, 0.6) is 0 Å². The van der Waals surface area contributed by atoms with Crippen LogP contribution in [0.25, 0.3) is 0 Å². The van der Waals surface area contributed by atoms with Crippen LogP contribution in [0.3, 0.4) is 0 Å². The average molecular weight is 353 g/mol. The molecule has 1 aliphatic carbocycles. The Morgan fingerprint density at radius 1 is 1.40 bits per heavy atom. The van der Waals surface area contributed by atoms with E-state index in [1.54, 1.807) is 11.3 Å². The molecule has 0 aromatic carbocycles. The molecular weight excluding hydrogens is 338 g/mol. The number of halogens is 2. The second-order valence-corrected chi connectivity index (χ2v) is 7.41. The van der Waals surface area contributed by atoms with Gasteiger partial charge in [-0.05, 0) is 56.8 Å². The molecule has 1 aromatic heterocycles. The van der Waals surface area contributed by atoms with E-state index in [0.29, 0.717) is 0 Å². The molecule has 0 spiro atoms. The molecule has 0 atom stereocenters. The Hall–Kier alpha value is 0.620. The second-order valence-electron chi connectivity index (χ2n) is 4.10. The zero-order valence-electron chi connectivity index (χ0n) is 8.56. The van der Waals surface area contributed by atoms with Gasteiger partial charge in [-0.25, -0.2) is 0 Å². The summed E-state index contributed by atoms with van der Waals surface area (Å²) in [6.45, 7) is 2.17.